The van der Waals surface area contributed by atoms with Crippen LogP contribution < -0.4 is 9.47 Å². The molecule has 9 nitrogen and oxygen atoms in total. The van der Waals surface area contributed by atoms with Crippen molar-refractivity contribution in [3.05, 3.63) is 48.5 Å². The number of piperazine rings is 1. The van der Waals surface area contributed by atoms with E-state index in [-0.39, 0.29) is 29.5 Å². The Morgan fingerprint density at radius 3 is 2.42 bits per heavy atom. The molecule has 0 bridgehead atoms. The zero-order valence-corrected chi connectivity index (χ0v) is 22.8. The fourth-order valence-corrected chi connectivity index (χ4v) is 5.75. The summed E-state index contributed by atoms with van der Waals surface area (Å²) in [5.41, 5.74) is 1.72. The van der Waals surface area contributed by atoms with Crippen LogP contribution in [0.4, 0.5) is 0 Å². The summed E-state index contributed by atoms with van der Waals surface area (Å²) in [4.78, 5) is 29.8. The number of amides is 2. The lowest BCUT2D eigenvalue weighted by molar-refractivity contribution is -0.146. The SMILES string of the molecule is COc1ccc(-n2c(SCC(=O)N3CCN(C(=O)C4CCC4)C(C)C3)nnc2-c2cccc(OC)c2)cc1. The quantitative estimate of drug-likeness (QED) is 0.404. The molecule has 1 atom stereocenters. The van der Waals surface area contributed by atoms with Crippen molar-refractivity contribution in [1.29, 1.82) is 0 Å². The molecule has 2 aromatic carbocycles. The first kappa shape index (κ1) is 26.1. The zero-order chi connectivity index (χ0) is 26.6. The average Bonchev–Trinajstić information content (AvgIpc) is 3.34. The number of aromatic nitrogens is 3. The Balaban J connectivity index is 1.32. The molecule has 1 aliphatic carbocycles. The number of ether oxygens (including phenoxy) is 2. The van der Waals surface area contributed by atoms with E-state index >= 15 is 0 Å². The number of benzene rings is 2. The first-order chi connectivity index (χ1) is 18.5. The van der Waals surface area contributed by atoms with Gasteiger partial charge in [0, 0.05) is 42.8 Å². The zero-order valence-electron chi connectivity index (χ0n) is 22.0. The van der Waals surface area contributed by atoms with Gasteiger partial charge in [0.2, 0.25) is 11.8 Å². The van der Waals surface area contributed by atoms with E-state index in [0.717, 1.165) is 42.0 Å². The van der Waals surface area contributed by atoms with Gasteiger partial charge in [0.1, 0.15) is 11.5 Å². The van der Waals surface area contributed by atoms with Crippen LogP contribution in [0.2, 0.25) is 0 Å². The lowest BCUT2D eigenvalue weighted by atomic mass is 9.84. The van der Waals surface area contributed by atoms with Crippen LogP contribution in [0.5, 0.6) is 11.5 Å². The summed E-state index contributed by atoms with van der Waals surface area (Å²) in [5, 5.41) is 9.55. The molecule has 1 aliphatic heterocycles. The fourth-order valence-electron chi connectivity index (χ4n) is 4.90. The smallest absolute Gasteiger partial charge is 0.233 e. The van der Waals surface area contributed by atoms with Crippen LogP contribution in [0.15, 0.2) is 53.7 Å². The molecule has 3 aromatic rings. The third-order valence-electron chi connectivity index (χ3n) is 7.33. The summed E-state index contributed by atoms with van der Waals surface area (Å²) in [5.74, 6) is 2.82. The first-order valence-corrected chi connectivity index (χ1v) is 13.9. The number of hydrogen-bond donors (Lipinski definition) is 0. The highest BCUT2D eigenvalue weighted by Gasteiger charge is 2.35. The van der Waals surface area contributed by atoms with Crippen molar-refractivity contribution in [3.8, 4) is 28.6 Å². The molecule has 2 heterocycles. The molecule has 2 fully saturated rings. The van der Waals surface area contributed by atoms with Crippen molar-refractivity contribution < 1.29 is 19.1 Å². The monoisotopic (exact) mass is 535 g/mol. The molecule has 1 unspecified atom stereocenters. The maximum absolute atomic E-state index is 13.2. The second-order valence-corrected chi connectivity index (χ2v) is 10.7. The summed E-state index contributed by atoms with van der Waals surface area (Å²) < 4.78 is 12.7. The van der Waals surface area contributed by atoms with Gasteiger partial charge in [-0.25, -0.2) is 0 Å². The van der Waals surface area contributed by atoms with Gasteiger partial charge in [-0.05, 0) is 56.2 Å². The third-order valence-corrected chi connectivity index (χ3v) is 8.25. The molecule has 0 radical (unpaired) electrons. The van der Waals surface area contributed by atoms with Gasteiger partial charge in [-0.3, -0.25) is 14.2 Å². The summed E-state index contributed by atoms with van der Waals surface area (Å²) in [6.45, 7) is 3.74. The van der Waals surface area contributed by atoms with Crippen LogP contribution in [0.3, 0.4) is 0 Å². The molecule has 10 heteroatoms. The lowest BCUT2D eigenvalue weighted by Crippen LogP contribution is -2.57. The van der Waals surface area contributed by atoms with Crippen LogP contribution in [0.1, 0.15) is 26.2 Å². The Hall–Kier alpha value is -3.53. The second-order valence-electron chi connectivity index (χ2n) is 9.71. The van der Waals surface area contributed by atoms with E-state index < -0.39 is 0 Å². The predicted molar refractivity (Wildman–Crippen MR) is 146 cm³/mol. The molecule has 2 aliphatic rings. The number of methoxy groups -OCH3 is 2. The van der Waals surface area contributed by atoms with E-state index in [1.165, 1.54) is 11.8 Å². The highest BCUT2D eigenvalue weighted by Crippen LogP contribution is 2.32. The van der Waals surface area contributed by atoms with Gasteiger partial charge in [0.05, 0.1) is 20.0 Å². The summed E-state index contributed by atoms with van der Waals surface area (Å²) >= 11 is 1.36. The van der Waals surface area contributed by atoms with Crippen molar-refractivity contribution in [1.82, 2.24) is 24.6 Å². The molecule has 1 saturated carbocycles. The molecule has 1 saturated heterocycles. The fraction of sp³-hybridized carbons (Fsp3) is 0.429. The summed E-state index contributed by atoms with van der Waals surface area (Å²) in [6, 6.07) is 15.3. The molecule has 38 heavy (non-hydrogen) atoms. The van der Waals surface area contributed by atoms with E-state index in [9.17, 15) is 9.59 Å². The summed E-state index contributed by atoms with van der Waals surface area (Å²) in [6.07, 6.45) is 3.13. The van der Waals surface area contributed by atoms with Crippen molar-refractivity contribution in [2.45, 2.75) is 37.4 Å². The standard InChI is InChI=1S/C28H33N5O4S/c1-19-17-31(14-15-32(19)27(35)20-6-4-7-20)25(34)18-38-28-30-29-26(21-8-5-9-24(16-21)37-3)33(28)22-10-12-23(36-2)13-11-22/h5,8-13,16,19-20H,4,6-7,14-15,17-18H2,1-3H3. The Bertz CT molecular complexity index is 1290. The Labute approximate surface area is 227 Å². The van der Waals surface area contributed by atoms with Crippen LogP contribution in [-0.4, -0.2) is 82.0 Å². The minimum absolute atomic E-state index is 0.0217. The van der Waals surface area contributed by atoms with Crippen molar-refractivity contribution >= 4 is 23.6 Å². The van der Waals surface area contributed by atoms with Gasteiger partial charge in [0.15, 0.2) is 11.0 Å². The van der Waals surface area contributed by atoms with Gasteiger partial charge in [-0.2, -0.15) is 0 Å². The minimum atomic E-state index is 0.0217. The Kier molecular flexibility index (Phi) is 7.87. The number of carbonyl (C=O) groups is 2. The molecule has 200 valence electrons. The highest BCUT2D eigenvalue weighted by molar-refractivity contribution is 7.99. The summed E-state index contributed by atoms with van der Waals surface area (Å²) in [7, 11) is 3.26. The molecular formula is C28H33N5O4S. The van der Waals surface area contributed by atoms with E-state index in [4.69, 9.17) is 9.47 Å². The van der Waals surface area contributed by atoms with Crippen LogP contribution in [0.25, 0.3) is 17.1 Å². The van der Waals surface area contributed by atoms with Crippen molar-refractivity contribution in [3.63, 3.8) is 0 Å². The molecule has 1 aromatic heterocycles. The lowest BCUT2D eigenvalue weighted by Gasteiger charge is -2.42. The molecule has 5 rings (SSSR count). The first-order valence-electron chi connectivity index (χ1n) is 12.9. The minimum Gasteiger partial charge on any atom is -0.497 e. The van der Waals surface area contributed by atoms with Crippen molar-refractivity contribution in [2.24, 2.45) is 5.92 Å². The van der Waals surface area contributed by atoms with E-state index in [1.54, 1.807) is 14.2 Å². The molecule has 0 N–H and O–H groups in total. The van der Waals surface area contributed by atoms with Crippen LogP contribution in [-0.2, 0) is 9.59 Å². The van der Waals surface area contributed by atoms with E-state index in [0.29, 0.717) is 30.6 Å². The third kappa shape index (κ3) is 5.36. The van der Waals surface area contributed by atoms with Crippen LogP contribution >= 0.6 is 11.8 Å². The van der Waals surface area contributed by atoms with Crippen molar-refractivity contribution in [2.75, 3.05) is 39.6 Å². The van der Waals surface area contributed by atoms with Gasteiger partial charge in [-0.1, -0.05) is 30.3 Å². The topological polar surface area (TPSA) is 89.8 Å². The molecular weight excluding hydrogens is 502 g/mol. The highest BCUT2D eigenvalue weighted by atomic mass is 32.2. The molecule has 0 spiro atoms. The number of carbonyl (C=O) groups excluding carboxylic acids is 2. The Morgan fingerprint density at radius 2 is 1.76 bits per heavy atom. The average molecular weight is 536 g/mol. The maximum Gasteiger partial charge on any atom is 0.233 e. The Morgan fingerprint density at radius 1 is 1.00 bits per heavy atom. The van der Waals surface area contributed by atoms with E-state index in [2.05, 4.69) is 10.2 Å². The number of rotatable bonds is 8. The van der Waals surface area contributed by atoms with Gasteiger partial charge in [0.25, 0.3) is 0 Å². The van der Waals surface area contributed by atoms with Gasteiger partial charge >= 0.3 is 0 Å². The normalized spacial score (nSPS) is 17.7. The largest absolute Gasteiger partial charge is 0.497 e. The van der Waals surface area contributed by atoms with Gasteiger partial charge in [-0.15, -0.1) is 10.2 Å². The van der Waals surface area contributed by atoms with E-state index in [1.807, 2.05) is 69.8 Å². The van der Waals surface area contributed by atoms with Gasteiger partial charge < -0.3 is 19.3 Å². The number of nitrogens with zero attached hydrogens (tertiary/aromatic N) is 5. The second kappa shape index (κ2) is 11.5. The number of thioether (sulfide) groups is 1. The molecule has 2 amide bonds. The predicted octanol–water partition coefficient (Wildman–Crippen LogP) is 3.90. The maximum atomic E-state index is 13.2. The number of hydrogen-bond acceptors (Lipinski definition) is 7. The van der Waals surface area contributed by atoms with Crippen LogP contribution in [0, 0.1) is 5.92 Å².